The minimum atomic E-state index is -0.339. The summed E-state index contributed by atoms with van der Waals surface area (Å²) in [7, 11) is 1.82. The Morgan fingerprint density at radius 3 is 2.54 bits per heavy atom. The molecule has 0 aliphatic rings. The molecule has 0 saturated heterocycles. The van der Waals surface area contributed by atoms with Crippen LogP contribution in [0.25, 0.3) is 0 Å². The van der Waals surface area contributed by atoms with Gasteiger partial charge < -0.3 is 5.32 Å². The van der Waals surface area contributed by atoms with Gasteiger partial charge in [-0.2, -0.15) is 0 Å². The van der Waals surface area contributed by atoms with Crippen molar-refractivity contribution in [3.8, 4) is 0 Å². The molecule has 0 aromatic heterocycles. The smallest absolute Gasteiger partial charge is 0.142 e. The molecule has 1 aromatic rings. The van der Waals surface area contributed by atoms with E-state index in [1.807, 2.05) is 27.0 Å². The van der Waals surface area contributed by atoms with E-state index < -0.39 is 0 Å². The molecule has 0 unspecified atom stereocenters. The first kappa shape index (κ1) is 10.7. The highest BCUT2D eigenvalue weighted by atomic mass is 79.9. The van der Waals surface area contributed by atoms with Gasteiger partial charge in [0.1, 0.15) is 5.82 Å². The summed E-state index contributed by atoms with van der Waals surface area (Å²) in [5, 5.41) is 3.06. The molecular weight excluding hydrogens is 233 g/mol. The highest BCUT2D eigenvalue weighted by Gasteiger charge is 2.22. The van der Waals surface area contributed by atoms with Gasteiger partial charge in [-0.3, -0.25) is 0 Å². The molecular formula is C10H13BrFN. The summed E-state index contributed by atoms with van der Waals surface area (Å²) in [6, 6.07) is 5.32. The lowest BCUT2D eigenvalue weighted by molar-refractivity contribution is 0.418. The van der Waals surface area contributed by atoms with E-state index in [2.05, 4.69) is 21.2 Å². The highest BCUT2D eigenvalue weighted by molar-refractivity contribution is 9.10. The Bertz CT molecular complexity index is 310. The van der Waals surface area contributed by atoms with Crippen molar-refractivity contribution in [2.75, 3.05) is 7.05 Å². The van der Waals surface area contributed by atoms with Crippen LogP contribution in [0.2, 0.25) is 0 Å². The molecule has 1 N–H and O–H groups in total. The summed E-state index contributed by atoms with van der Waals surface area (Å²) >= 11 is 3.16. The number of rotatable bonds is 2. The maximum absolute atomic E-state index is 13.6. The third-order valence-corrected chi connectivity index (χ3v) is 2.86. The van der Waals surface area contributed by atoms with Crippen LogP contribution in [0.1, 0.15) is 19.4 Å². The summed E-state index contributed by atoms with van der Waals surface area (Å²) in [6.45, 7) is 3.88. The van der Waals surface area contributed by atoms with Crippen molar-refractivity contribution >= 4 is 15.9 Å². The van der Waals surface area contributed by atoms with Crippen molar-refractivity contribution in [1.29, 1.82) is 0 Å². The lowest BCUT2D eigenvalue weighted by Gasteiger charge is -2.25. The van der Waals surface area contributed by atoms with Crippen LogP contribution in [0, 0.1) is 5.82 Å². The van der Waals surface area contributed by atoms with Crippen LogP contribution in [0.3, 0.4) is 0 Å². The van der Waals surface area contributed by atoms with Crippen LogP contribution in [-0.2, 0) is 5.54 Å². The second kappa shape index (κ2) is 3.76. The van der Waals surface area contributed by atoms with Crippen molar-refractivity contribution < 1.29 is 4.39 Å². The largest absolute Gasteiger partial charge is 0.311 e. The highest BCUT2D eigenvalue weighted by Crippen LogP contribution is 2.27. The first-order valence-electron chi connectivity index (χ1n) is 4.12. The van der Waals surface area contributed by atoms with E-state index in [1.165, 1.54) is 0 Å². The number of hydrogen-bond donors (Lipinski definition) is 1. The molecule has 0 atom stereocenters. The molecule has 0 amide bonds. The number of nitrogens with one attached hydrogen (secondary N) is 1. The van der Waals surface area contributed by atoms with Gasteiger partial charge in [-0.25, -0.2) is 4.39 Å². The van der Waals surface area contributed by atoms with Crippen LogP contribution in [0.5, 0.6) is 0 Å². The topological polar surface area (TPSA) is 12.0 Å². The number of hydrogen-bond acceptors (Lipinski definition) is 1. The van der Waals surface area contributed by atoms with Crippen molar-refractivity contribution in [2.24, 2.45) is 0 Å². The average molecular weight is 246 g/mol. The Balaban J connectivity index is 3.22. The molecule has 0 spiro atoms. The van der Waals surface area contributed by atoms with E-state index in [0.717, 1.165) is 0 Å². The lowest BCUT2D eigenvalue weighted by atomic mass is 9.94. The Hall–Kier alpha value is -0.410. The Morgan fingerprint density at radius 2 is 2.00 bits per heavy atom. The monoisotopic (exact) mass is 245 g/mol. The van der Waals surface area contributed by atoms with Crippen LogP contribution in [0.4, 0.5) is 4.39 Å². The zero-order chi connectivity index (χ0) is 10.1. The van der Waals surface area contributed by atoms with E-state index in [4.69, 9.17) is 0 Å². The molecule has 0 saturated carbocycles. The third kappa shape index (κ3) is 2.09. The zero-order valence-corrected chi connectivity index (χ0v) is 9.57. The molecule has 0 radical (unpaired) electrons. The molecule has 0 heterocycles. The van der Waals surface area contributed by atoms with Crippen molar-refractivity contribution in [1.82, 2.24) is 5.32 Å². The van der Waals surface area contributed by atoms with Gasteiger partial charge in [-0.05, 0) is 42.9 Å². The maximum atomic E-state index is 13.6. The van der Waals surface area contributed by atoms with Crippen molar-refractivity contribution in [2.45, 2.75) is 19.4 Å². The second-order valence-electron chi connectivity index (χ2n) is 3.48. The van der Waals surface area contributed by atoms with E-state index >= 15 is 0 Å². The van der Waals surface area contributed by atoms with Gasteiger partial charge in [-0.1, -0.05) is 12.1 Å². The first-order valence-corrected chi connectivity index (χ1v) is 4.91. The normalized spacial score (nSPS) is 11.8. The first-order chi connectivity index (χ1) is 5.99. The molecule has 0 aliphatic heterocycles. The number of halogens is 2. The predicted octanol–water partition coefficient (Wildman–Crippen LogP) is 3.04. The van der Waals surface area contributed by atoms with Crippen molar-refractivity contribution in [3.63, 3.8) is 0 Å². The zero-order valence-electron chi connectivity index (χ0n) is 7.99. The molecule has 0 bridgehead atoms. The third-order valence-electron chi connectivity index (χ3n) is 2.25. The summed E-state index contributed by atoms with van der Waals surface area (Å²) in [5.74, 6) is -0.193. The van der Waals surface area contributed by atoms with E-state index in [-0.39, 0.29) is 11.4 Å². The summed E-state index contributed by atoms with van der Waals surface area (Å²) in [4.78, 5) is 0. The fourth-order valence-electron chi connectivity index (χ4n) is 1.12. The van der Waals surface area contributed by atoms with E-state index in [9.17, 15) is 4.39 Å². The summed E-state index contributed by atoms with van der Waals surface area (Å²) < 4.78 is 14.1. The molecule has 13 heavy (non-hydrogen) atoms. The van der Waals surface area contributed by atoms with Gasteiger partial charge in [-0.15, -0.1) is 0 Å². The fraction of sp³-hybridized carbons (Fsp3) is 0.400. The molecule has 1 rings (SSSR count). The fourth-order valence-corrected chi connectivity index (χ4v) is 1.49. The van der Waals surface area contributed by atoms with Gasteiger partial charge in [0.05, 0.1) is 4.47 Å². The van der Waals surface area contributed by atoms with E-state index in [0.29, 0.717) is 10.0 Å². The Labute approximate surface area is 86.5 Å². The van der Waals surface area contributed by atoms with Crippen LogP contribution in [-0.4, -0.2) is 7.05 Å². The molecule has 0 fully saturated rings. The Kier molecular flexibility index (Phi) is 3.09. The maximum Gasteiger partial charge on any atom is 0.142 e. The van der Waals surface area contributed by atoms with Crippen molar-refractivity contribution in [3.05, 3.63) is 34.1 Å². The molecule has 1 aromatic carbocycles. The van der Waals surface area contributed by atoms with Crippen LogP contribution < -0.4 is 5.32 Å². The van der Waals surface area contributed by atoms with E-state index in [1.54, 1.807) is 12.1 Å². The second-order valence-corrected chi connectivity index (χ2v) is 4.33. The molecule has 3 heteroatoms. The summed E-state index contributed by atoms with van der Waals surface area (Å²) in [5.41, 5.74) is 0.331. The quantitative estimate of drug-likeness (QED) is 0.845. The van der Waals surface area contributed by atoms with Gasteiger partial charge >= 0.3 is 0 Å². The molecule has 0 aliphatic carbocycles. The standard InChI is InChI=1S/C10H13BrFN/c1-10(2,13-3)7-5-4-6-8(11)9(7)12/h4-6,13H,1-3H3. The SMILES string of the molecule is CNC(C)(C)c1cccc(Br)c1F. The number of benzene rings is 1. The van der Waals surface area contributed by atoms with Crippen LogP contribution in [0.15, 0.2) is 22.7 Å². The van der Waals surface area contributed by atoms with Gasteiger partial charge in [0.25, 0.3) is 0 Å². The van der Waals surface area contributed by atoms with Crippen LogP contribution >= 0.6 is 15.9 Å². The minimum Gasteiger partial charge on any atom is -0.311 e. The minimum absolute atomic E-state index is 0.193. The van der Waals surface area contributed by atoms with Gasteiger partial charge in [0, 0.05) is 11.1 Å². The predicted molar refractivity (Wildman–Crippen MR) is 56.2 cm³/mol. The average Bonchev–Trinajstić information content (AvgIpc) is 2.09. The summed E-state index contributed by atoms with van der Waals surface area (Å²) in [6.07, 6.45) is 0. The van der Waals surface area contributed by atoms with Gasteiger partial charge in [0.2, 0.25) is 0 Å². The lowest BCUT2D eigenvalue weighted by Crippen LogP contribution is -2.34. The van der Waals surface area contributed by atoms with Gasteiger partial charge in [0.15, 0.2) is 0 Å². The Morgan fingerprint density at radius 1 is 1.38 bits per heavy atom. The molecule has 1 nitrogen and oxygen atoms in total. The molecule has 72 valence electrons.